The number of carbonyl (C=O) groups is 3. The molecule has 2 aromatic rings. The quantitative estimate of drug-likeness (QED) is 0.690. The van der Waals surface area contributed by atoms with Crippen LogP contribution in [-0.2, 0) is 4.74 Å². The molecule has 35 heavy (non-hydrogen) atoms. The van der Waals surface area contributed by atoms with E-state index in [-0.39, 0.29) is 17.9 Å². The van der Waals surface area contributed by atoms with Crippen molar-refractivity contribution in [3.8, 4) is 0 Å². The first-order chi connectivity index (χ1) is 17.1. The minimum absolute atomic E-state index is 0.0511. The number of anilines is 2. The maximum Gasteiger partial charge on any atom is 0.409 e. The number of rotatable bonds is 4. The molecular weight excluding hydrogens is 448 g/mol. The van der Waals surface area contributed by atoms with Gasteiger partial charge in [-0.1, -0.05) is 0 Å². The van der Waals surface area contributed by atoms with Crippen LogP contribution in [0.25, 0.3) is 0 Å². The normalized spacial score (nSPS) is 16.8. The molecule has 0 unspecified atom stereocenters. The van der Waals surface area contributed by atoms with Gasteiger partial charge in [0.15, 0.2) is 0 Å². The van der Waals surface area contributed by atoms with E-state index < -0.39 is 0 Å². The maximum atomic E-state index is 13.3. The molecule has 1 aromatic heterocycles. The average molecular weight is 481 g/mol. The zero-order chi connectivity index (χ0) is 24.6. The molecule has 0 radical (unpaired) electrons. The van der Waals surface area contributed by atoms with Crippen LogP contribution in [0.2, 0.25) is 0 Å². The third-order valence-electron chi connectivity index (χ3n) is 6.31. The first-order valence-corrected chi connectivity index (χ1v) is 12.0. The minimum Gasteiger partial charge on any atom is -0.453 e. The highest BCUT2D eigenvalue weighted by atomic mass is 16.5. The van der Waals surface area contributed by atoms with E-state index >= 15 is 0 Å². The molecule has 0 saturated carbocycles. The number of aromatic nitrogens is 1. The number of nitrogens with zero attached hydrogens (tertiary/aromatic N) is 4. The van der Waals surface area contributed by atoms with Crippen molar-refractivity contribution in [2.45, 2.75) is 12.8 Å². The van der Waals surface area contributed by atoms with E-state index in [0.717, 1.165) is 31.6 Å². The van der Waals surface area contributed by atoms with Crippen LogP contribution in [0, 0.1) is 0 Å². The minimum atomic E-state index is -0.343. The standard InChI is InChI=1S/C25H32N6O4/c1-35-25(34)31-13-4-12-29(15-16-31)22-7-6-19(24(33)30-11-3-9-26-10-14-30)17-21(22)28-23(32)20-5-2-8-27-18-20/h2,5-8,17-18,26H,3-4,9-16H2,1H3,(H,28,32). The Morgan fingerprint density at radius 1 is 0.943 bits per heavy atom. The van der Waals surface area contributed by atoms with Gasteiger partial charge in [0.05, 0.1) is 24.0 Å². The van der Waals surface area contributed by atoms with E-state index in [2.05, 4.69) is 20.5 Å². The number of ether oxygens (including phenoxy) is 1. The zero-order valence-corrected chi connectivity index (χ0v) is 20.0. The van der Waals surface area contributed by atoms with Crippen LogP contribution in [0.15, 0.2) is 42.7 Å². The summed E-state index contributed by atoms with van der Waals surface area (Å²) in [6, 6.07) is 8.86. The molecule has 0 spiro atoms. The highest BCUT2D eigenvalue weighted by Gasteiger charge is 2.24. The Labute approximate surface area is 205 Å². The lowest BCUT2D eigenvalue weighted by atomic mass is 10.1. The fourth-order valence-electron chi connectivity index (χ4n) is 4.44. The van der Waals surface area contributed by atoms with Crippen LogP contribution in [0.3, 0.4) is 0 Å². The molecule has 2 aliphatic heterocycles. The predicted octanol–water partition coefficient (Wildman–Crippen LogP) is 2.05. The SMILES string of the molecule is COC(=O)N1CCCN(c2ccc(C(=O)N3CCCNCC3)cc2NC(=O)c2cccnc2)CC1. The highest BCUT2D eigenvalue weighted by Crippen LogP contribution is 2.29. The number of hydrogen-bond acceptors (Lipinski definition) is 7. The summed E-state index contributed by atoms with van der Waals surface area (Å²) in [5.41, 5.74) is 2.33. The molecule has 3 heterocycles. The van der Waals surface area contributed by atoms with Gasteiger partial charge in [-0.05, 0) is 49.7 Å². The molecule has 2 aliphatic rings. The Bertz CT molecular complexity index is 1040. The zero-order valence-electron chi connectivity index (χ0n) is 20.0. The van der Waals surface area contributed by atoms with Gasteiger partial charge in [0.2, 0.25) is 0 Å². The summed E-state index contributed by atoms with van der Waals surface area (Å²) in [5.74, 6) is -0.348. The summed E-state index contributed by atoms with van der Waals surface area (Å²) in [6.07, 6.45) is 4.44. The number of hydrogen-bond donors (Lipinski definition) is 2. The van der Waals surface area contributed by atoms with Gasteiger partial charge in [0.25, 0.3) is 11.8 Å². The van der Waals surface area contributed by atoms with Crippen LogP contribution in [0.1, 0.15) is 33.6 Å². The largest absolute Gasteiger partial charge is 0.453 e. The second-order valence-corrected chi connectivity index (χ2v) is 8.62. The lowest BCUT2D eigenvalue weighted by Crippen LogP contribution is -2.35. The Balaban J connectivity index is 1.61. The first kappa shape index (κ1) is 24.5. The van der Waals surface area contributed by atoms with Gasteiger partial charge in [-0.25, -0.2) is 4.79 Å². The number of carbonyl (C=O) groups excluding carboxylic acids is 3. The molecule has 0 atom stereocenters. The fraction of sp³-hybridized carbons (Fsp3) is 0.440. The van der Waals surface area contributed by atoms with Gasteiger partial charge in [-0.3, -0.25) is 14.6 Å². The van der Waals surface area contributed by atoms with Gasteiger partial charge in [0.1, 0.15) is 0 Å². The summed E-state index contributed by atoms with van der Waals surface area (Å²) >= 11 is 0. The molecule has 2 N–H and O–H groups in total. The van der Waals surface area contributed by atoms with E-state index in [1.165, 1.54) is 13.3 Å². The Kier molecular flexibility index (Phi) is 8.15. The third kappa shape index (κ3) is 6.07. The van der Waals surface area contributed by atoms with E-state index in [1.54, 1.807) is 29.3 Å². The third-order valence-corrected chi connectivity index (χ3v) is 6.31. The molecule has 2 saturated heterocycles. The van der Waals surface area contributed by atoms with Crippen LogP contribution in [-0.4, -0.2) is 92.2 Å². The maximum absolute atomic E-state index is 13.3. The lowest BCUT2D eigenvalue weighted by Gasteiger charge is -2.27. The number of benzene rings is 1. The topological polar surface area (TPSA) is 107 Å². The van der Waals surface area contributed by atoms with Crippen molar-refractivity contribution in [2.24, 2.45) is 0 Å². The summed E-state index contributed by atoms with van der Waals surface area (Å²) < 4.78 is 4.88. The second kappa shape index (κ2) is 11.7. The van der Waals surface area contributed by atoms with Gasteiger partial charge < -0.3 is 30.1 Å². The smallest absolute Gasteiger partial charge is 0.409 e. The number of nitrogens with one attached hydrogen (secondary N) is 2. The van der Waals surface area contributed by atoms with Crippen LogP contribution < -0.4 is 15.5 Å². The molecule has 2 fully saturated rings. The Morgan fingerprint density at radius 3 is 2.60 bits per heavy atom. The highest BCUT2D eigenvalue weighted by molar-refractivity contribution is 6.07. The molecule has 186 valence electrons. The monoisotopic (exact) mass is 480 g/mol. The number of amides is 3. The Hall–Kier alpha value is -3.66. The number of pyridine rings is 1. The summed E-state index contributed by atoms with van der Waals surface area (Å²) in [7, 11) is 1.38. The predicted molar refractivity (Wildman–Crippen MR) is 133 cm³/mol. The molecule has 1 aromatic carbocycles. The van der Waals surface area contributed by atoms with Gasteiger partial charge in [0, 0.05) is 63.8 Å². The van der Waals surface area contributed by atoms with Gasteiger partial charge in [-0.15, -0.1) is 0 Å². The van der Waals surface area contributed by atoms with E-state index in [1.807, 2.05) is 17.0 Å². The van der Waals surface area contributed by atoms with Crippen molar-refractivity contribution in [1.29, 1.82) is 0 Å². The molecular formula is C25H32N6O4. The number of methoxy groups -OCH3 is 1. The Morgan fingerprint density at radius 2 is 1.80 bits per heavy atom. The second-order valence-electron chi connectivity index (χ2n) is 8.62. The van der Waals surface area contributed by atoms with Crippen molar-refractivity contribution in [3.63, 3.8) is 0 Å². The van der Waals surface area contributed by atoms with Crippen molar-refractivity contribution in [1.82, 2.24) is 20.1 Å². The van der Waals surface area contributed by atoms with Crippen LogP contribution in [0.5, 0.6) is 0 Å². The van der Waals surface area contributed by atoms with Crippen LogP contribution in [0.4, 0.5) is 16.2 Å². The van der Waals surface area contributed by atoms with Crippen molar-refractivity contribution >= 4 is 29.3 Å². The van der Waals surface area contributed by atoms with Gasteiger partial charge in [-0.2, -0.15) is 0 Å². The lowest BCUT2D eigenvalue weighted by molar-refractivity contribution is 0.0766. The van der Waals surface area contributed by atoms with E-state index in [4.69, 9.17) is 4.74 Å². The first-order valence-electron chi connectivity index (χ1n) is 12.0. The average Bonchev–Trinajstić information content (AvgIpc) is 3.32. The molecule has 0 aliphatic carbocycles. The van der Waals surface area contributed by atoms with E-state index in [9.17, 15) is 14.4 Å². The van der Waals surface area contributed by atoms with Gasteiger partial charge >= 0.3 is 6.09 Å². The summed E-state index contributed by atoms with van der Waals surface area (Å²) in [5, 5.41) is 6.30. The summed E-state index contributed by atoms with van der Waals surface area (Å²) in [4.78, 5) is 47.9. The van der Waals surface area contributed by atoms with Crippen LogP contribution >= 0.6 is 0 Å². The fourth-order valence-corrected chi connectivity index (χ4v) is 4.44. The summed E-state index contributed by atoms with van der Waals surface area (Å²) in [6.45, 7) is 5.38. The molecule has 4 rings (SSSR count). The molecule has 3 amide bonds. The van der Waals surface area contributed by atoms with E-state index in [0.29, 0.717) is 56.1 Å². The molecule has 10 nitrogen and oxygen atoms in total. The van der Waals surface area contributed by atoms with Crippen molar-refractivity contribution < 1.29 is 19.1 Å². The molecule has 0 bridgehead atoms. The van der Waals surface area contributed by atoms with Crippen molar-refractivity contribution in [3.05, 3.63) is 53.9 Å². The molecule has 10 heteroatoms. The van der Waals surface area contributed by atoms with Crippen molar-refractivity contribution in [2.75, 3.05) is 69.7 Å².